The number of ether oxygens (including phenoxy) is 2. The van der Waals surface area contributed by atoms with Crippen LogP contribution in [0.15, 0.2) is 40.9 Å². The largest absolute Gasteiger partial charge is 0.454 e. The molecule has 0 saturated heterocycles. The molecule has 1 N–H and O–H groups in total. The topological polar surface area (TPSA) is 38.7 Å². The van der Waals surface area contributed by atoms with Crippen molar-refractivity contribution in [3.63, 3.8) is 0 Å². The molecule has 1 unspecified atom stereocenters. The Labute approximate surface area is 124 Å². The van der Waals surface area contributed by atoms with E-state index in [2.05, 4.69) is 15.9 Å². The predicted molar refractivity (Wildman–Crippen MR) is 75.3 cm³/mol. The maximum Gasteiger partial charge on any atom is 0.231 e. The molecule has 1 heterocycles. The van der Waals surface area contributed by atoms with Gasteiger partial charge in [-0.1, -0.05) is 22.0 Å². The zero-order valence-corrected chi connectivity index (χ0v) is 12.1. The SMILES string of the molecule is OC(Cc1cc(Br)ccc1F)c1ccc2c(c1)OCO2. The second-order valence-corrected chi connectivity index (χ2v) is 5.48. The lowest BCUT2D eigenvalue weighted by molar-refractivity contribution is 0.171. The van der Waals surface area contributed by atoms with E-state index in [4.69, 9.17) is 9.47 Å². The lowest BCUT2D eigenvalue weighted by Gasteiger charge is -2.12. The lowest BCUT2D eigenvalue weighted by Crippen LogP contribution is -2.03. The molecule has 1 aliphatic heterocycles. The van der Waals surface area contributed by atoms with Gasteiger partial charge in [0, 0.05) is 10.9 Å². The highest BCUT2D eigenvalue weighted by molar-refractivity contribution is 9.10. The molecule has 0 saturated carbocycles. The van der Waals surface area contributed by atoms with Crippen LogP contribution in [0, 0.1) is 5.82 Å². The molecule has 0 aliphatic carbocycles. The Hall–Kier alpha value is -1.59. The van der Waals surface area contributed by atoms with Gasteiger partial charge in [0.05, 0.1) is 6.10 Å². The normalized spacial score (nSPS) is 14.3. The minimum Gasteiger partial charge on any atom is -0.454 e. The highest BCUT2D eigenvalue weighted by Crippen LogP contribution is 2.35. The van der Waals surface area contributed by atoms with Gasteiger partial charge in [0.25, 0.3) is 0 Å². The summed E-state index contributed by atoms with van der Waals surface area (Å²) in [7, 11) is 0. The number of hydrogen-bond donors (Lipinski definition) is 1. The van der Waals surface area contributed by atoms with Gasteiger partial charge in [-0.15, -0.1) is 0 Å². The van der Waals surface area contributed by atoms with Crippen molar-refractivity contribution >= 4 is 15.9 Å². The van der Waals surface area contributed by atoms with Gasteiger partial charge in [0.2, 0.25) is 6.79 Å². The molecular formula is C15H12BrFO3. The fraction of sp³-hybridized carbons (Fsp3) is 0.200. The van der Waals surface area contributed by atoms with Crippen LogP contribution in [0.4, 0.5) is 4.39 Å². The van der Waals surface area contributed by atoms with Crippen molar-refractivity contribution in [1.29, 1.82) is 0 Å². The van der Waals surface area contributed by atoms with Crippen molar-refractivity contribution < 1.29 is 19.0 Å². The van der Waals surface area contributed by atoms with E-state index in [-0.39, 0.29) is 19.0 Å². The fourth-order valence-electron chi connectivity index (χ4n) is 2.15. The Morgan fingerprint density at radius 1 is 1.15 bits per heavy atom. The Bertz CT molecular complexity index is 645. The molecule has 3 rings (SSSR count). The van der Waals surface area contributed by atoms with Gasteiger partial charge in [-0.3, -0.25) is 0 Å². The predicted octanol–water partition coefficient (Wildman–Crippen LogP) is 3.59. The van der Waals surface area contributed by atoms with E-state index in [1.165, 1.54) is 6.07 Å². The summed E-state index contributed by atoms with van der Waals surface area (Å²) in [5.41, 5.74) is 1.14. The van der Waals surface area contributed by atoms with Gasteiger partial charge in [-0.05, 0) is 41.5 Å². The standard InChI is InChI=1S/C15H12BrFO3/c16-11-2-3-12(17)10(5-11)6-13(18)9-1-4-14-15(7-9)20-8-19-14/h1-5,7,13,18H,6,8H2. The summed E-state index contributed by atoms with van der Waals surface area (Å²) in [5, 5.41) is 10.2. The van der Waals surface area contributed by atoms with Gasteiger partial charge in [-0.25, -0.2) is 4.39 Å². The van der Waals surface area contributed by atoms with Crippen molar-refractivity contribution in [2.75, 3.05) is 6.79 Å². The lowest BCUT2D eigenvalue weighted by atomic mass is 10.0. The molecular weight excluding hydrogens is 327 g/mol. The number of benzene rings is 2. The van der Waals surface area contributed by atoms with E-state index >= 15 is 0 Å². The number of rotatable bonds is 3. The van der Waals surface area contributed by atoms with E-state index in [0.717, 1.165) is 4.47 Å². The van der Waals surface area contributed by atoms with Gasteiger partial charge >= 0.3 is 0 Å². The van der Waals surface area contributed by atoms with E-state index < -0.39 is 6.10 Å². The molecule has 1 atom stereocenters. The maximum absolute atomic E-state index is 13.7. The molecule has 104 valence electrons. The van der Waals surface area contributed by atoms with Crippen LogP contribution in [-0.4, -0.2) is 11.9 Å². The van der Waals surface area contributed by atoms with Crippen LogP contribution in [0.2, 0.25) is 0 Å². The van der Waals surface area contributed by atoms with Crippen LogP contribution in [0.1, 0.15) is 17.2 Å². The third kappa shape index (κ3) is 2.64. The summed E-state index contributed by atoms with van der Waals surface area (Å²) in [6.45, 7) is 0.190. The van der Waals surface area contributed by atoms with Gasteiger partial charge in [-0.2, -0.15) is 0 Å². The average Bonchev–Trinajstić information content (AvgIpc) is 2.90. The molecule has 0 fully saturated rings. The summed E-state index contributed by atoms with van der Waals surface area (Å²) in [6.07, 6.45) is -0.599. The molecule has 3 nitrogen and oxygen atoms in total. The second-order valence-electron chi connectivity index (χ2n) is 4.57. The van der Waals surface area contributed by atoms with E-state index in [1.54, 1.807) is 30.3 Å². The van der Waals surface area contributed by atoms with Gasteiger partial charge in [0.1, 0.15) is 5.82 Å². The first-order chi connectivity index (χ1) is 9.63. The Morgan fingerprint density at radius 2 is 1.95 bits per heavy atom. The summed E-state index contributed by atoms with van der Waals surface area (Å²) in [4.78, 5) is 0. The zero-order chi connectivity index (χ0) is 14.1. The molecule has 20 heavy (non-hydrogen) atoms. The van der Waals surface area contributed by atoms with Crippen LogP contribution in [-0.2, 0) is 6.42 Å². The summed E-state index contributed by atoms with van der Waals surface area (Å²) in [6, 6.07) is 9.91. The minimum absolute atomic E-state index is 0.190. The fourth-order valence-corrected chi connectivity index (χ4v) is 2.55. The zero-order valence-electron chi connectivity index (χ0n) is 10.5. The number of halogens is 2. The molecule has 1 aliphatic rings. The van der Waals surface area contributed by atoms with Crippen molar-refractivity contribution in [3.8, 4) is 11.5 Å². The number of hydrogen-bond acceptors (Lipinski definition) is 3. The molecule has 0 radical (unpaired) electrons. The number of fused-ring (bicyclic) bond motifs is 1. The Morgan fingerprint density at radius 3 is 2.80 bits per heavy atom. The first-order valence-corrected chi connectivity index (χ1v) is 6.94. The van der Waals surface area contributed by atoms with Gasteiger partial charge < -0.3 is 14.6 Å². The third-order valence-corrected chi connectivity index (χ3v) is 3.70. The highest BCUT2D eigenvalue weighted by atomic mass is 79.9. The summed E-state index contributed by atoms with van der Waals surface area (Å²) < 4.78 is 25.0. The number of aliphatic hydroxyl groups is 1. The van der Waals surface area contributed by atoms with Crippen molar-refractivity contribution in [1.82, 2.24) is 0 Å². The maximum atomic E-state index is 13.7. The van der Waals surface area contributed by atoms with E-state index in [9.17, 15) is 9.50 Å². The molecule has 2 aromatic carbocycles. The van der Waals surface area contributed by atoms with Crippen molar-refractivity contribution in [3.05, 3.63) is 57.8 Å². The molecule has 0 aromatic heterocycles. The molecule has 5 heteroatoms. The second kappa shape index (κ2) is 5.42. The third-order valence-electron chi connectivity index (χ3n) is 3.20. The average molecular weight is 339 g/mol. The molecule has 0 amide bonds. The van der Waals surface area contributed by atoms with Crippen LogP contribution in [0.5, 0.6) is 11.5 Å². The van der Waals surface area contributed by atoms with Crippen LogP contribution in [0.3, 0.4) is 0 Å². The van der Waals surface area contributed by atoms with E-state index in [0.29, 0.717) is 22.6 Å². The monoisotopic (exact) mass is 338 g/mol. The van der Waals surface area contributed by atoms with Crippen molar-refractivity contribution in [2.24, 2.45) is 0 Å². The molecule has 0 spiro atoms. The minimum atomic E-state index is -0.798. The van der Waals surface area contributed by atoms with E-state index in [1.807, 2.05) is 0 Å². The summed E-state index contributed by atoms with van der Waals surface area (Å²) >= 11 is 3.30. The summed E-state index contributed by atoms with van der Waals surface area (Å²) in [5.74, 6) is 0.943. The van der Waals surface area contributed by atoms with Gasteiger partial charge in [0.15, 0.2) is 11.5 Å². The molecule has 0 bridgehead atoms. The first kappa shape index (κ1) is 13.4. The van der Waals surface area contributed by atoms with Crippen LogP contribution >= 0.6 is 15.9 Å². The highest BCUT2D eigenvalue weighted by Gasteiger charge is 2.18. The van der Waals surface area contributed by atoms with Crippen LogP contribution < -0.4 is 9.47 Å². The number of aliphatic hydroxyl groups excluding tert-OH is 1. The molecule has 2 aromatic rings. The first-order valence-electron chi connectivity index (χ1n) is 6.15. The van der Waals surface area contributed by atoms with Crippen LogP contribution in [0.25, 0.3) is 0 Å². The Balaban J connectivity index is 1.82. The Kier molecular flexibility index (Phi) is 3.63. The van der Waals surface area contributed by atoms with Crippen molar-refractivity contribution in [2.45, 2.75) is 12.5 Å². The quantitative estimate of drug-likeness (QED) is 0.929. The smallest absolute Gasteiger partial charge is 0.231 e.